The van der Waals surface area contributed by atoms with Crippen molar-refractivity contribution in [3.63, 3.8) is 0 Å². The molecule has 0 saturated heterocycles. The number of H-pyrrole nitrogens is 1. The third-order valence-corrected chi connectivity index (χ3v) is 5.76. The number of aryl methyl sites for hydroxylation is 1. The topological polar surface area (TPSA) is 82.3 Å². The summed E-state index contributed by atoms with van der Waals surface area (Å²) in [4.78, 5) is 14.7. The number of ether oxygens (including phenoxy) is 1. The van der Waals surface area contributed by atoms with Gasteiger partial charge in [-0.3, -0.25) is 15.1 Å². The van der Waals surface area contributed by atoms with Crippen LogP contribution < -0.4 is 9.47 Å². The van der Waals surface area contributed by atoms with Crippen LogP contribution in [-0.2, 0) is 12.7 Å². The highest BCUT2D eigenvalue weighted by Crippen LogP contribution is 2.36. The molecule has 2 aromatic carbocycles. The summed E-state index contributed by atoms with van der Waals surface area (Å²) in [6.07, 6.45) is -1.35. The molecule has 0 bridgehead atoms. The van der Waals surface area contributed by atoms with E-state index in [0.29, 0.717) is 39.2 Å². The molecule has 10 heteroatoms. The lowest BCUT2D eigenvalue weighted by Crippen LogP contribution is -2.35. The first-order chi connectivity index (χ1) is 16.6. The van der Waals surface area contributed by atoms with E-state index in [9.17, 15) is 23.2 Å². The van der Waals surface area contributed by atoms with Gasteiger partial charge in [-0.1, -0.05) is 12.1 Å². The van der Waals surface area contributed by atoms with Gasteiger partial charge in [0.15, 0.2) is 0 Å². The second-order valence-corrected chi connectivity index (χ2v) is 8.13. The molecule has 0 fully saturated rings. The molecule has 35 heavy (non-hydrogen) atoms. The quantitative estimate of drug-likeness (QED) is 0.305. The number of fused-ring (bicyclic) bond motifs is 1. The number of aromatic nitrogens is 3. The minimum Gasteiger partial charge on any atom is -0.493 e. The number of halogens is 3. The smallest absolute Gasteiger partial charge is 0.416 e. The van der Waals surface area contributed by atoms with Crippen molar-refractivity contribution >= 4 is 16.8 Å². The Kier molecular flexibility index (Phi) is 6.38. The second-order valence-electron chi connectivity index (χ2n) is 8.13. The highest BCUT2D eigenvalue weighted by molar-refractivity contribution is 5.95. The molecule has 0 unspecified atom stereocenters. The Hall–Kier alpha value is -4.08. The van der Waals surface area contributed by atoms with Crippen LogP contribution in [0.15, 0.2) is 54.9 Å². The van der Waals surface area contributed by atoms with Crippen LogP contribution in [0.5, 0.6) is 5.75 Å². The fourth-order valence-corrected chi connectivity index (χ4v) is 3.94. The van der Waals surface area contributed by atoms with Gasteiger partial charge in [0, 0.05) is 29.8 Å². The van der Waals surface area contributed by atoms with Gasteiger partial charge in [0.25, 0.3) is 5.91 Å². The molecule has 4 rings (SSSR count). The molecular weight excluding hydrogens is 461 g/mol. The molecule has 182 valence electrons. The number of rotatable bonds is 6. The largest absolute Gasteiger partial charge is 0.493 e. The summed E-state index contributed by atoms with van der Waals surface area (Å²) >= 11 is 0. The minimum absolute atomic E-state index is 0.178. The van der Waals surface area contributed by atoms with Crippen molar-refractivity contribution in [3.8, 4) is 16.9 Å². The number of amides is 1. The fraction of sp³-hybridized carbons (Fsp3) is 0.240. The Morgan fingerprint density at radius 1 is 1.23 bits per heavy atom. The van der Waals surface area contributed by atoms with Crippen LogP contribution in [-0.4, -0.2) is 39.9 Å². The maximum Gasteiger partial charge on any atom is 0.416 e. The zero-order valence-corrected chi connectivity index (χ0v) is 19.3. The lowest BCUT2D eigenvalue weighted by atomic mass is 10.00. The summed E-state index contributed by atoms with van der Waals surface area (Å²) in [5.41, 5.74) is 2.33. The van der Waals surface area contributed by atoms with Crippen LogP contribution in [0.2, 0.25) is 0 Å². The lowest BCUT2D eigenvalue weighted by molar-refractivity contribution is -0.908. The van der Waals surface area contributed by atoms with E-state index in [4.69, 9.17) is 4.74 Å². The second kappa shape index (κ2) is 9.28. The highest BCUT2D eigenvalue weighted by atomic mass is 19.4. The van der Waals surface area contributed by atoms with E-state index in [1.165, 1.54) is 23.2 Å². The van der Waals surface area contributed by atoms with Gasteiger partial charge in [-0.15, -0.1) is 0 Å². The summed E-state index contributed by atoms with van der Waals surface area (Å²) in [7, 11) is 1.62. The number of pyridine rings is 1. The molecule has 0 aliphatic carbocycles. The molecule has 2 aromatic heterocycles. The van der Waals surface area contributed by atoms with Crippen LogP contribution in [0.4, 0.5) is 13.2 Å². The van der Waals surface area contributed by atoms with Crippen molar-refractivity contribution in [3.05, 3.63) is 77.2 Å². The standard InChI is InChI=1S/C25H23F3N4O3/c1-4-35-22-11-17(8-9-20(22)16-6-5-7-19(10-16)25(26,27)28)24(33)31(3)13-18-14-32(34)15(2)21-12-29-30-23(18)21/h5-12,14,34H,4,13H2,1-3H3/p+1. The molecule has 2 heterocycles. The Balaban J connectivity index is 1.64. The van der Waals surface area contributed by atoms with Gasteiger partial charge in [0.2, 0.25) is 11.9 Å². The molecule has 0 aliphatic rings. The molecule has 0 radical (unpaired) electrons. The van der Waals surface area contributed by atoms with Crippen molar-refractivity contribution in [2.24, 2.45) is 0 Å². The van der Waals surface area contributed by atoms with Crippen LogP contribution in [0.3, 0.4) is 0 Å². The first kappa shape index (κ1) is 24.1. The van der Waals surface area contributed by atoms with Crippen molar-refractivity contribution in [1.82, 2.24) is 15.1 Å². The van der Waals surface area contributed by atoms with E-state index in [0.717, 1.165) is 22.2 Å². The molecule has 0 aliphatic heterocycles. The Morgan fingerprint density at radius 2 is 2.00 bits per heavy atom. The SMILES string of the molecule is CCOc1cc(C(=O)N(C)Cc2c[n+](O)c(C)c3cn[nH]c23)ccc1-c1cccc(C(F)(F)F)c1. The first-order valence-corrected chi connectivity index (χ1v) is 10.9. The minimum atomic E-state index is -4.47. The average molecular weight is 485 g/mol. The number of carbonyl (C=O) groups is 1. The number of hydrogen-bond acceptors (Lipinski definition) is 4. The Bertz CT molecular complexity index is 1400. The summed E-state index contributed by atoms with van der Waals surface area (Å²) in [6.45, 7) is 3.96. The van der Waals surface area contributed by atoms with E-state index >= 15 is 0 Å². The number of alkyl halides is 3. The van der Waals surface area contributed by atoms with Crippen LogP contribution in [0, 0.1) is 6.92 Å². The van der Waals surface area contributed by atoms with Gasteiger partial charge < -0.3 is 9.64 Å². The molecule has 0 spiro atoms. The maximum absolute atomic E-state index is 13.2. The predicted octanol–water partition coefficient (Wildman–Crippen LogP) is 4.75. The summed E-state index contributed by atoms with van der Waals surface area (Å²) in [5.74, 6) is -0.00940. The van der Waals surface area contributed by atoms with Gasteiger partial charge in [-0.05, 0) is 42.8 Å². The zero-order valence-electron chi connectivity index (χ0n) is 19.3. The monoisotopic (exact) mass is 485 g/mol. The first-order valence-electron chi connectivity index (χ1n) is 10.9. The van der Waals surface area contributed by atoms with Crippen LogP contribution >= 0.6 is 0 Å². The molecule has 2 N–H and O–H groups in total. The van der Waals surface area contributed by atoms with Crippen LogP contribution in [0.1, 0.15) is 34.1 Å². The number of nitrogens with zero attached hydrogens (tertiary/aromatic N) is 3. The zero-order chi connectivity index (χ0) is 25.3. The van der Waals surface area contributed by atoms with Crippen molar-refractivity contribution in [2.75, 3.05) is 13.7 Å². The third-order valence-electron chi connectivity index (χ3n) is 5.76. The number of aromatic amines is 1. The normalized spacial score (nSPS) is 11.6. The molecule has 1 amide bonds. The van der Waals surface area contributed by atoms with Gasteiger partial charge in [0.05, 0.1) is 41.4 Å². The molecule has 0 saturated carbocycles. The molecule has 4 aromatic rings. The maximum atomic E-state index is 13.2. The van der Waals surface area contributed by atoms with Crippen LogP contribution in [0.25, 0.3) is 22.0 Å². The predicted molar refractivity (Wildman–Crippen MR) is 122 cm³/mol. The number of benzene rings is 2. The highest BCUT2D eigenvalue weighted by Gasteiger charge is 2.30. The fourth-order valence-electron chi connectivity index (χ4n) is 3.94. The Morgan fingerprint density at radius 3 is 2.71 bits per heavy atom. The third kappa shape index (κ3) is 4.77. The van der Waals surface area contributed by atoms with Gasteiger partial charge in [-0.25, -0.2) is 0 Å². The van der Waals surface area contributed by atoms with Gasteiger partial charge in [-0.2, -0.15) is 18.3 Å². The average Bonchev–Trinajstić information content (AvgIpc) is 3.32. The molecular formula is C25H24F3N4O3+. The number of carbonyl (C=O) groups excluding carboxylic acids is 1. The van der Waals surface area contributed by atoms with E-state index in [2.05, 4.69) is 10.2 Å². The molecule has 0 atom stereocenters. The van der Waals surface area contributed by atoms with E-state index in [-0.39, 0.29) is 19.1 Å². The van der Waals surface area contributed by atoms with Gasteiger partial charge in [0.1, 0.15) is 5.75 Å². The van der Waals surface area contributed by atoms with Crippen molar-refractivity contribution in [1.29, 1.82) is 0 Å². The van der Waals surface area contributed by atoms with E-state index < -0.39 is 11.7 Å². The number of hydrogen-bond donors (Lipinski definition) is 2. The van der Waals surface area contributed by atoms with Gasteiger partial charge >= 0.3 is 6.18 Å². The number of nitrogens with one attached hydrogen (secondary N) is 1. The van der Waals surface area contributed by atoms with Crippen molar-refractivity contribution < 1.29 is 32.6 Å². The summed E-state index contributed by atoms with van der Waals surface area (Å²) < 4.78 is 46.2. The van der Waals surface area contributed by atoms with E-state index in [1.54, 1.807) is 45.3 Å². The van der Waals surface area contributed by atoms with E-state index in [1.807, 2.05) is 0 Å². The lowest BCUT2D eigenvalue weighted by Gasteiger charge is -2.19. The van der Waals surface area contributed by atoms with Crippen molar-refractivity contribution in [2.45, 2.75) is 26.6 Å². The Labute approximate surface area is 199 Å². The summed E-state index contributed by atoms with van der Waals surface area (Å²) in [6, 6.07) is 9.65. The molecule has 7 nitrogen and oxygen atoms in total. The summed E-state index contributed by atoms with van der Waals surface area (Å²) in [5, 5.41) is 17.8.